The third-order valence-corrected chi connectivity index (χ3v) is 6.80. The van der Waals surface area contributed by atoms with Crippen LogP contribution in [-0.2, 0) is 22.4 Å². The number of hydrogen-bond acceptors (Lipinski definition) is 4. The van der Waals surface area contributed by atoms with Crippen molar-refractivity contribution in [1.29, 1.82) is 0 Å². The number of carbonyl (C=O) groups is 2. The summed E-state index contributed by atoms with van der Waals surface area (Å²) in [6.07, 6.45) is 4.00. The predicted molar refractivity (Wildman–Crippen MR) is 138 cm³/mol. The second kappa shape index (κ2) is 13.3. The number of likely N-dealkylation sites (N-methyl/N-ethyl adjacent to an activating group) is 1. The van der Waals surface area contributed by atoms with E-state index in [0.717, 1.165) is 51.9 Å². The Balaban J connectivity index is 1.62. The monoisotopic (exact) mass is 464 g/mol. The SMILES string of the molecule is CN[C@H](C)C(=O)N[C@H](C)C(=O)N1CCC[C@H]1CN(CCc1ccccc1)CCc1ccccc1. The van der Waals surface area contributed by atoms with Crippen LogP contribution in [0.25, 0.3) is 0 Å². The lowest BCUT2D eigenvalue weighted by molar-refractivity contribution is -0.137. The predicted octanol–water partition coefficient (Wildman–Crippen LogP) is 2.88. The summed E-state index contributed by atoms with van der Waals surface area (Å²) in [5, 5.41) is 5.79. The molecule has 3 rings (SSSR count). The van der Waals surface area contributed by atoms with Crippen molar-refractivity contribution in [3.05, 3.63) is 71.8 Å². The van der Waals surface area contributed by atoms with E-state index in [1.54, 1.807) is 20.9 Å². The van der Waals surface area contributed by atoms with Gasteiger partial charge in [-0.05, 0) is 57.7 Å². The van der Waals surface area contributed by atoms with Crippen LogP contribution >= 0.6 is 0 Å². The van der Waals surface area contributed by atoms with Crippen molar-refractivity contribution in [1.82, 2.24) is 20.4 Å². The fourth-order valence-electron chi connectivity index (χ4n) is 4.55. The molecule has 0 spiro atoms. The molecule has 0 aliphatic carbocycles. The first kappa shape index (κ1) is 25.9. The van der Waals surface area contributed by atoms with Crippen LogP contribution in [0.2, 0.25) is 0 Å². The number of carbonyl (C=O) groups excluding carboxylic acids is 2. The maximum absolute atomic E-state index is 13.2. The molecule has 6 nitrogen and oxygen atoms in total. The van der Waals surface area contributed by atoms with Gasteiger partial charge in [-0.2, -0.15) is 0 Å². The van der Waals surface area contributed by atoms with Crippen molar-refractivity contribution in [2.45, 2.75) is 57.7 Å². The Kier molecular flexibility index (Phi) is 10.1. The average Bonchev–Trinajstić information content (AvgIpc) is 3.33. The zero-order chi connectivity index (χ0) is 24.3. The van der Waals surface area contributed by atoms with E-state index in [9.17, 15) is 9.59 Å². The van der Waals surface area contributed by atoms with Crippen LogP contribution in [0.1, 0.15) is 37.8 Å². The van der Waals surface area contributed by atoms with Gasteiger partial charge in [-0.3, -0.25) is 9.59 Å². The molecule has 184 valence electrons. The van der Waals surface area contributed by atoms with Gasteiger partial charge in [0.2, 0.25) is 11.8 Å². The van der Waals surface area contributed by atoms with E-state index in [-0.39, 0.29) is 23.9 Å². The van der Waals surface area contributed by atoms with E-state index in [4.69, 9.17) is 0 Å². The highest BCUT2D eigenvalue weighted by molar-refractivity contribution is 5.89. The van der Waals surface area contributed by atoms with Crippen molar-refractivity contribution < 1.29 is 9.59 Å². The number of benzene rings is 2. The highest BCUT2D eigenvalue weighted by Crippen LogP contribution is 2.20. The van der Waals surface area contributed by atoms with Gasteiger partial charge < -0.3 is 20.4 Å². The van der Waals surface area contributed by atoms with E-state index in [1.807, 2.05) is 4.90 Å². The minimum Gasteiger partial charge on any atom is -0.343 e. The molecule has 1 saturated heterocycles. The third-order valence-electron chi connectivity index (χ3n) is 6.80. The molecule has 1 aliphatic rings. The smallest absolute Gasteiger partial charge is 0.245 e. The Morgan fingerprint density at radius 2 is 1.50 bits per heavy atom. The summed E-state index contributed by atoms with van der Waals surface area (Å²) >= 11 is 0. The first-order chi connectivity index (χ1) is 16.5. The summed E-state index contributed by atoms with van der Waals surface area (Å²) in [7, 11) is 1.74. The van der Waals surface area contributed by atoms with E-state index >= 15 is 0 Å². The molecule has 2 aromatic carbocycles. The summed E-state index contributed by atoms with van der Waals surface area (Å²) in [6.45, 7) is 7.13. The van der Waals surface area contributed by atoms with Gasteiger partial charge in [-0.1, -0.05) is 60.7 Å². The van der Waals surface area contributed by atoms with Crippen LogP contribution in [0.3, 0.4) is 0 Å². The van der Waals surface area contributed by atoms with E-state index < -0.39 is 6.04 Å². The fraction of sp³-hybridized carbons (Fsp3) is 0.500. The van der Waals surface area contributed by atoms with Gasteiger partial charge >= 0.3 is 0 Å². The van der Waals surface area contributed by atoms with Crippen molar-refractivity contribution in [2.75, 3.05) is 33.2 Å². The van der Waals surface area contributed by atoms with Crippen molar-refractivity contribution >= 4 is 11.8 Å². The number of nitrogens with zero attached hydrogens (tertiary/aromatic N) is 2. The summed E-state index contributed by atoms with van der Waals surface area (Å²) in [5.41, 5.74) is 2.67. The maximum Gasteiger partial charge on any atom is 0.245 e. The molecule has 1 heterocycles. The number of nitrogens with one attached hydrogen (secondary N) is 2. The second-order valence-electron chi connectivity index (χ2n) is 9.34. The van der Waals surface area contributed by atoms with Gasteiger partial charge in [-0.25, -0.2) is 0 Å². The van der Waals surface area contributed by atoms with Gasteiger partial charge in [0.15, 0.2) is 0 Å². The first-order valence-electron chi connectivity index (χ1n) is 12.6. The Morgan fingerprint density at radius 3 is 2.03 bits per heavy atom. The molecular weight excluding hydrogens is 424 g/mol. The first-order valence-corrected chi connectivity index (χ1v) is 12.6. The normalized spacial score (nSPS) is 17.5. The number of rotatable bonds is 12. The largest absolute Gasteiger partial charge is 0.343 e. The van der Waals surface area contributed by atoms with Crippen LogP contribution in [0.15, 0.2) is 60.7 Å². The van der Waals surface area contributed by atoms with Crippen LogP contribution in [0.4, 0.5) is 0 Å². The molecule has 3 atom stereocenters. The quantitative estimate of drug-likeness (QED) is 0.507. The van der Waals surface area contributed by atoms with Crippen molar-refractivity contribution in [3.8, 4) is 0 Å². The molecule has 1 aliphatic heterocycles. The molecule has 0 bridgehead atoms. The maximum atomic E-state index is 13.2. The molecule has 0 radical (unpaired) electrons. The van der Waals surface area contributed by atoms with E-state index in [2.05, 4.69) is 76.2 Å². The number of amides is 2. The molecule has 2 amide bonds. The summed E-state index contributed by atoms with van der Waals surface area (Å²) in [6, 6.07) is 20.5. The average molecular weight is 465 g/mol. The Morgan fingerprint density at radius 1 is 0.941 bits per heavy atom. The van der Waals surface area contributed by atoms with Gasteiger partial charge in [0.1, 0.15) is 6.04 Å². The lowest BCUT2D eigenvalue weighted by atomic mass is 10.1. The third kappa shape index (κ3) is 7.67. The van der Waals surface area contributed by atoms with Crippen molar-refractivity contribution in [2.24, 2.45) is 0 Å². The summed E-state index contributed by atoms with van der Waals surface area (Å²) in [4.78, 5) is 30.0. The van der Waals surface area contributed by atoms with Crippen LogP contribution in [0, 0.1) is 0 Å². The molecule has 2 N–H and O–H groups in total. The Bertz CT molecular complexity index is 846. The lowest BCUT2D eigenvalue weighted by Gasteiger charge is -2.33. The highest BCUT2D eigenvalue weighted by atomic mass is 16.2. The minimum absolute atomic E-state index is 0.0187. The molecular formula is C28H40N4O2. The van der Waals surface area contributed by atoms with E-state index in [1.165, 1.54) is 11.1 Å². The molecule has 0 unspecified atom stereocenters. The topological polar surface area (TPSA) is 64.7 Å². The van der Waals surface area contributed by atoms with Gasteiger partial charge in [0.25, 0.3) is 0 Å². The minimum atomic E-state index is -0.522. The Hall–Kier alpha value is -2.70. The van der Waals surface area contributed by atoms with Crippen LogP contribution in [0.5, 0.6) is 0 Å². The number of likely N-dealkylation sites (tertiary alicyclic amines) is 1. The molecule has 0 aromatic heterocycles. The summed E-state index contributed by atoms with van der Waals surface area (Å²) in [5.74, 6) is -0.128. The Labute approximate surface area is 204 Å². The van der Waals surface area contributed by atoms with E-state index in [0.29, 0.717) is 0 Å². The molecule has 2 aromatic rings. The highest BCUT2D eigenvalue weighted by Gasteiger charge is 2.33. The number of hydrogen-bond donors (Lipinski definition) is 2. The molecule has 6 heteroatoms. The molecule has 0 saturated carbocycles. The fourth-order valence-corrected chi connectivity index (χ4v) is 4.55. The summed E-state index contributed by atoms with van der Waals surface area (Å²) < 4.78 is 0. The van der Waals surface area contributed by atoms with Crippen LogP contribution in [-0.4, -0.2) is 73.0 Å². The van der Waals surface area contributed by atoms with Crippen molar-refractivity contribution in [3.63, 3.8) is 0 Å². The molecule has 1 fully saturated rings. The zero-order valence-corrected chi connectivity index (χ0v) is 20.9. The van der Waals surface area contributed by atoms with Gasteiger partial charge in [-0.15, -0.1) is 0 Å². The van der Waals surface area contributed by atoms with Gasteiger partial charge in [0, 0.05) is 32.2 Å². The lowest BCUT2D eigenvalue weighted by Crippen LogP contribution is -2.53. The van der Waals surface area contributed by atoms with Gasteiger partial charge in [0.05, 0.1) is 6.04 Å². The van der Waals surface area contributed by atoms with Crippen LogP contribution < -0.4 is 10.6 Å². The second-order valence-corrected chi connectivity index (χ2v) is 9.34. The zero-order valence-electron chi connectivity index (χ0n) is 20.9. The standard InChI is InChI=1S/C28H40N4O2/c1-22(29-3)27(33)30-23(2)28(34)32-18-10-15-26(32)21-31(19-16-24-11-6-4-7-12-24)20-17-25-13-8-5-9-14-25/h4-9,11-14,22-23,26,29H,10,15-21H2,1-3H3,(H,30,33)/t22-,23-,26+/m1/s1. The molecule has 34 heavy (non-hydrogen) atoms.